The summed E-state index contributed by atoms with van der Waals surface area (Å²) in [6.45, 7) is 4.31. The first-order valence-electron chi connectivity index (χ1n) is 14.0. The lowest BCUT2D eigenvalue weighted by molar-refractivity contribution is 1.10. The van der Waals surface area contributed by atoms with Crippen molar-refractivity contribution in [3.8, 4) is 22.5 Å². The Bertz CT molecular complexity index is 2260. The van der Waals surface area contributed by atoms with E-state index in [1.54, 1.807) is 0 Å². The van der Waals surface area contributed by atoms with Gasteiger partial charge in [-0.15, -0.1) is 0 Å². The summed E-state index contributed by atoms with van der Waals surface area (Å²) in [4.78, 5) is 5.06. The Labute approximate surface area is 238 Å². The van der Waals surface area contributed by atoms with Gasteiger partial charge in [-0.05, 0) is 97.3 Å². The number of hydrogen-bond acceptors (Lipinski definition) is 1. The van der Waals surface area contributed by atoms with Crippen LogP contribution in [0, 0.1) is 6.92 Å². The van der Waals surface area contributed by atoms with Gasteiger partial charge >= 0.3 is 0 Å². The van der Waals surface area contributed by atoms with E-state index in [1.807, 2.05) is 0 Å². The third-order valence-electron chi connectivity index (χ3n) is 8.15. The van der Waals surface area contributed by atoms with Crippen molar-refractivity contribution in [2.24, 2.45) is 0 Å². The molecule has 196 valence electrons. The van der Waals surface area contributed by atoms with Crippen LogP contribution < -0.4 is 0 Å². The topological polar surface area (TPSA) is 27.2 Å². The highest BCUT2D eigenvalue weighted by Gasteiger charge is 2.19. The molecular weight excluding hydrogens is 500 g/mol. The molecule has 0 radical (unpaired) electrons. The summed E-state index contributed by atoms with van der Waals surface area (Å²) in [6, 6.07) is 43.1. The van der Waals surface area contributed by atoms with E-state index in [9.17, 15) is 0 Å². The third-order valence-corrected chi connectivity index (χ3v) is 8.15. The summed E-state index contributed by atoms with van der Waals surface area (Å²) < 4.78 is 6.91. The van der Waals surface area contributed by atoms with Crippen LogP contribution in [0.25, 0.3) is 67.3 Å². The molecule has 0 aliphatic rings. The average Bonchev–Trinajstić information content (AvgIpc) is 3.64. The van der Waals surface area contributed by atoms with Gasteiger partial charge < -0.3 is 4.57 Å². The van der Waals surface area contributed by atoms with E-state index in [1.165, 1.54) is 39.0 Å². The predicted molar refractivity (Wildman–Crippen MR) is 171 cm³/mol. The van der Waals surface area contributed by atoms with E-state index in [0.29, 0.717) is 0 Å². The van der Waals surface area contributed by atoms with Gasteiger partial charge in [0, 0.05) is 22.5 Å². The van der Waals surface area contributed by atoms with Gasteiger partial charge in [-0.2, -0.15) is 0 Å². The lowest BCUT2D eigenvalue weighted by Crippen LogP contribution is -1.96. The van der Waals surface area contributed by atoms with Crippen molar-refractivity contribution in [1.29, 1.82) is 0 Å². The summed E-state index contributed by atoms with van der Waals surface area (Å²) in [5.74, 6) is 0.923. The molecular formula is C37H28N4. The zero-order valence-corrected chi connectivity index (χ0v) is 23.0. The molecule has 3 heterocycles. The van der Waals surface area contributed by atoms with E-state index in [-0.39, 0.29) is 0 Å². The van der Waals surface area contributed by atoms with Gasteiger partial charge in [0.05, 0.1) is 27.6 Å². The Morgan fingerprint density at radius 2 is 1.22 bits per heavy atom. The number of imidazole rings is 2. The van der Waals surface area contributed by atoms with E-state index < -0.39 is 0 Å². The lowest BCUT2D eigenvalue weighted by Gasteiger charge is -2.10. The van der Waals surface area contributed by atoms with E-state index in [4.69, 9.17) is 4.98 Å². The molecule has 0 aliphatic carbocycles. The van der Waals surface area contributed by atoms with Gasteiger partial charge in [-0.1, -0.05) is 66.7 Å². The van der Waals surface area contributed by atoms with Crippen LogP contribution in [0.1, 0.15) is 18.2 Å². The SMILES string of the molecule is C/C=C\c1c(C)c2cc(-c3ccc4c(c3)n3c5ccccc5nc3n4-c3ccccc3)ccc2n1-c1ccccc1. The smallest absolute Gasteiger partial charge is 0.220 e. The second kappa shape index (κ2) is 9.10. The number of hydrogen-bond donors (Lipinski definition) is 0. The van der Waals surface area contributed by atoms with Crippen LogP contribution in [0.2, 0.25) is 0 Å². The number of nitrogens with zero attached hydrogens (tertiary/aromatic N) is 4. The Morgan fingerprint density at radius 1 is 0.585 bits per heavy atom. The minimum absolute atomic E-state index is 0.923. The zero-order valence-electron chi connectivity index (χ0n) is 23.0. The second-order valence-electron chi connectivity index (χ2n) is 10.5. The van der Waals surface area contributed by atoms with Crippen molar-refractivity contribution < 1.29 is 0 Å². The quantitative estimate of drug-likeness (QED) is 0.224. The van der Waals surface area contributed by atoms with Crippen LogP contribution in [0.3, 0.4) is 0 Å². The number of benzene rings is 5. The van der Waals surface area contributed by atoms with Gasteiger partial charge in [-0.3, -0.25) is 8.97 Å². The largest absolute Gasteiger partial charge is 0.310 e. The number of aromatic nitrogens is 4. The molecule has 41 heavy (non-hydrogen) atoms. The van der Waals surface area contributed by atoms with Gasteiger partial charge in [-0.25, -0.2) is 4.98 Å². The highest BCUT2D eigenvalue weighted by atomic mass is 15.2. The van der Waals surface area contributed by atoms with Gasteiger partial charge in [0.15, 0.2) is 0 Å². The third kappa shape index (κ3) is 3.51. The number of para-hydroxylation sites is 4. The highest BCUT2D eigenvalue weighted by molar-refractivity contribution is 5.96. The van der Waals surface area contributed by atoms with Crippen LogP contribution >= 0.6 is 0 Å². The first-order chi connectivity index (χ1) is 20.2. The zero-order chi connectivity index (χ0) is 27.5. The summed E-state index contributed by atoms with van der Waals surface area (Å²) in [6.07, 6.45) is 4.33. The van der Waals surface area contributed by atoms with Crippen LogP contribution in [0.5, 0.6) is 0 Å². The monoisotopic (exact) mass is 528 g/mol. The minimum atomic E-state index is 0.923. The maximum atomic E-state index is 5.06. The first-order valence-corrected chi connectivity index (χ1v) is 14.0. The number of allylic oxidation sites excluding steroid dienone is 1. The van der Waals surface area contributed by atoms with E-state index in [2.05, 4.69) is 161 Å². The Morgan fingerprint density at radius 3 is 1.95 bits per heavy atom. The fraction of sp³-hybridized carbons (Fsp3) is 0.0541. The standard InChI is InChI=1S/C37H28N4/c1-3-12-32-25(2)30-23-26(19-21-33(30)39(32)28-13-6-4-7-14-28)27-20-22-35-36(24-27)41-34-18-11-10-17-31(34)38-37(41)40(35)29-15-8-5-9-16-29/h3-24H,1-2H3/b12-3-. The molecule has 5 aromatic carbocycles. The van der Waals surface area contributed by atoms with Crippen LogP contribution in [-0.4, -0.2) is 18.5 Å². The van der Waals surface area contributed by atoms with Crippen molar-refractivity contribution in [1.82, 2.24) is 18.5 Å². The molecule has 0 unspecified atom stereocenters. The molecule has 0 amide bonds. The fourth-order valence-corrected chi connectivity index (χ4v) is 6.27. The number of rotatable bonds is 4. The van der Waals surface area contributed by atoms with Crippen LogP contribution in [0.15, 0.2) is 127 Å². The molecule has 0 saturated carbocycles. The Kier molecular flexibility index (Phi) is 5.22. The molecule has 0 saturated heterocycles. The maximum absolute atomic E-state index is 5.06. The van der Waals surface area contributed by atoms with Crippen molar-refractivity contribution in [2.75, 3.05) is 0 Å². The second-order valence-corrected chi connectivity index (χ2v) is 10.5. The lowest BCUT2D eigenvalue weighted by atomic mass is 10.0. The highest BCUT2D eigenvalue weighted by Crippen LogP contribution is 2.36. The molecule has 0 bridgehead atoms. The molecule has 4 heteroatoms. The summed E-state index contributed by atoms with van der Waals surface area (Å²) >= 11 is 0. The minimum Gasteiger partial charge on any atom is -0.310 e. The van der Waals surface area contributed by atoms with Crippen LogP contribution in [-0.2, 0) is 0 Å². The molecule has 3 aromatic heterocycles. The van der Waals surface area contributed by atoms with Gasteiger partial charge in [0.1, 0.15) is 0 Å². The molecule has 4 nitrogen and oxygen atoms in total. The fourth-order valence-electron chi connectivity index (χ4n) is 6.27. The summed E-state index contributed by atoms with van der Waals surface area (Å²) in [5.41, 5.74) is 12.8. The first kappa shape index (κ1) is 23.5. The Hall–Kier alpha value is -5.35. The van der Waals surface area contributed by atoms with Gasteiger partial charge in [0.25, 0.3) is 0 Å². The summed E-state index contributed by atoms with van der Waals surface area (Å²) in [7, 11) is 0. The number of fused-ring (bicyclic) bond motifs is 6. The molecule has 0 aliphatic heterocycles. The number of aryl methyl sites for hydroxylation is 1. The van der Waals surface area contributed by atoms with Crippen molar-refractivity contribution >= 4 is 44.8 Å². The van der Waals surface area contributed by atoms with Crippen molar-refractivity contribution in [2.45, 2.75) is 13.8 Å². The maximum Gasteiger partial charge on any atom is 0.220 e. The molecule has 8 rings (SSSR count). The van der Waals surface area contributed by atoms with Crippen molar-refractivity contribution in [3.63, 3.8) is 0 Å². The van der Waals surface area contributed by atoms with E-state index >= 15 is 0 Å². The van der Waals surface area contributed by atoms with Crippen LogP contribution in [0.4, 0.5) is 0 Å². The normalized spacial score (nSPS) is 12.0. The predicted octanol–water partition coefficient (Wildman–Crippen LogP) is 9.38. The van der Waals surface area contributed by atoms with E-state index in [0.717, 1.165) is 33.5 Å². The molecule has 8 aromatic rings. The van der Waals surface area contributed by atoms with Gasteiger partial charge in [0.2, 0.25) is 5.78 Å². The Balaban J connectivity index is 1.38. The average molecular weight is 529 g/mol. The molecule has 0 atom stereocenters. The summed E-state index contributed by atoms with van der Waals surface area (Å²) in [5, 5.41) is 1.26. The molecule has 0 fully saturated rings. The molecule has 0 spiro atoms. The molecule has 0 N–H and O–H groups in total. The van der Waals surface area contributed by atoms with Crippen molar-refractivity contribution in [3.05, 3.63) is 139 Å².